The second-order valence-electron chi connectivity index (χ2n) is 7.22. The Morgan fingerprint density at radius 3 is 2.24 bits per heavy atom. The third-order valence-corrected chi connectivity index (χ3v) is 4.88. The van der Waals surface area contributed by atoms with Crippen molar-refractivity contribution in [3.8, 4) is 0 Å². The van der Waals surface area contributed by atoms with E-state index in [2.05, 4.69) is 10.2 Å². The molecule has 1 aromatic rings. The van der Waals surface area contributed by atoms with Crippen LogP contribution in [0.3, 0.4) is 0 Å². The molecule has 1 heterocycles. The van der Waals surface area contributed by atoms with E-state index in [-0.39, 0.29) is 23.5 Å². The van der Waals surface area contributed by atoms with Crippen LogP contribution in [0.5, 0.6) is 0 Å². The summed E-state index contributed by atoms with van der Waals surface area (Å²) in [6, 6.07) is 7.82. The topological polar surface area (TPSA) is 67.9 Å². The molecule has 0 unspecified atom stereocenters. The van der Waals surface area contributed by atoms with Crippen LogP contribution in [0.2, 0.25) is 0 Å². The van der Waals surface area contributed by atoms with E-state index in [0.717, 1.165) is 37.2 Å². The first-order chi connectivity index (χ1) is 14.0. The average molecular weight is 407 g/mol. The van der Waals surface area contributed by atoms with Crippen LogP contribution >= 0.6 is 0 Å². The van der Waals surface area contributed by atoms with Crippen molar-refractivity contribution in [1.82, 2.24) is 5.32 Å². The summed E-state index contributed by atoms with van der Waals surface area (Å²) in [5, 5.41) is 2.95. The number of amides is 1. The van der Waals surface area contributed by atoms with E-state index in [1.807, 2.05) is 52.0 Å². The third kappa shape index (κ3) is 8.54. The smallest absolute Gasteiger partial charge is 0.223 e. The van der Waals surface area contributed by atoms with Gasteiger partial charge < -0.3 is 19.7 Å². The molecule has 1 aliphatic heterocycles. The normalized spacial score (nSPS) is 14.3. The lowest BCUT2D eigenvalue weighted by Gasteiger charge is -2.33. The van der Waals surface area contributed by atoms with Crippen molar-refractivity contribution in [2.45, 2.75) is 40.5 Å². The summed E-state index contributed by atoms with van der Waals surface area (Å²) in [7, 11) is 1.64. The maximum Gasteiger partial charge on any atom is 0.223 e. The predicted octanol–water partition coefficient (Wildman–Crippen LogP) is 3.55. The number of hydrogen-bond acceptors (Lipinski definition) is 5. The summed E-state index contributed by atoms with van der Waals surface area (Å²) >= 11 is 0. The molecule has 0 aromatic heterocycles. The number of anilines is 1. The van der Waals surface area contributed by atoms with Gasteiger partial charge >= 0.3 is 0 Å². The van der Waals surface area contributed by atoms with Gasteiger partial charge in [0, 0.05) is 49.8 Å². The molecular formula is C23H38N2O4. The lowest BCUT2D eigenvalue weighted by atomic mass is 9.95. The third-order valence-electron chi connectivity index (χ3n) is 4.88. The molecule has 0 saturated carbocycles. The minimum atomic E-state index is 0.00971. The first kappa shape index (κ1) is 25.1. The molecule has 1 aliphatic rings. The fourth-order valence-electron chi connectivity index (χ4n) is 3.20. The number of methoxy groups -OCH3 is 1. The summed E-state index contributed by atoms with van der Waals surface area (Å²) in [5.41, 5.74) is 1.87. The van der Waals surface area contributed by atoms with E-state index >= 15 is 0 Å². The van der Waals surface area contributed by atoms with Gasteiger partial charge in [-0.3, -0.25) is 9.59 Å². The minimum Gasteiger partial charge on any atom is -0.382 e. The molecule has 0 aliphatic carbocycles. The first-order valence-corrected chi connectivity index (χ1v) is 10.8. The largest absolute Gasteiger partial charge is 0.382 e. The van der Waals surface area contributed by atoms with Crippen molar-refractivity contribution < 1.29 is 19.1 Å². The fraction of sp³-hybridized carbons (Fsp3) is 0.652. The number of ether oxygens (including phenoxy) is 2. The SMILES string of the molecule is CC.COCCOCCNC(=O)C1CCN(c2ccc(C(=O)C(C)C)cc2)CC1. The number of ketones is 1. The van der Waals surface area contributed by atoms with Crippen LogP contribution in [-0.2, 0) is 14.3 Å². The fourth-order valence-corrected chi connectivity index (χ4v) is 3.20. The van der Waals surface area contributed by atoms with Crippen LogP contribution in [0.25, 0.3) is 0 Å². The lowest BCUT2D eigenvalue weighted by molar-refractivity contribution is -0.125. The van der Waals surface area contributed by atoms with Crippen molar-refractivity contribution in [3.63, 3.8) is 0 Å². The van der Waals surface area contributed by atoms with Crippen LogP contribution < -0.4 is 10.2 Å². The number of carbonyl (C=O) groups is 2. The predicted molar refractivity (Wildman–Crippen MR) is 118 cm³/mol. The quantitative estimate of drug-likeness (QED) is 0.475. The molecule has 0 spiro atoms. The molecule has 2 rings (SSSR count). The van der Waals surface area contributed by atoms with Gasteiger partial charge in [0.2, 0.25) is 5.91 Å². The summed E-state index contributed by atoms with van der Waals surface area (Å²) in [6.45, 7) is 11.7. The van der Waals surface area contributed by atoms with Gasteiger partial charge in [-0.1, -0.05) is 27.7 Å². The van der Waals surface area contributed by atoms with Crippen LogP contribution in [-0.4, -0.2) is 58.3 Å². The van der Waals surface area contributed by atoms with Crippen LogP contribution in [0, 0.1) is 11.8 Å². The molecule has 6 heteroatoms. The highest BCUT2D eigenvalue weighted by Crippen LogP contribution is 2.24. The van der Waals surface area contributed by atoms with E-state index in [0.29, 0.717) is 26.4 Å². The molecular weight excluding hydrogens is 368 g/mol. The van der Waals surface area contributed by atoms with Crippen molar-refractivity contribution >= 4 is 17.4 Å². The Balaban J connectivity index is 0.00000204. The van der Waals surface area contributed by atoms with Crippen molar-refractivity contribution in [2.24, 2.45) is 11.8 Å². The second-order valence-corrected chi connectivity index (χ2v) is 7.22. The zero-order valence-corrected chi connectivity index (χ0v) is 18.7. The number of nitrogens with one attached hydrogen (secondary N) is 1. The number of nitrogens with zero attached hydrogens (tertiary/aromatic N) is 1. The molecule has 0 bridgehead atoms. The zero-order chi connectivity index (χ0) is 21.6. The van der Waals surface area contributed by atoms with E-state index in [1.54, 1.807) is 7.11 Å². The summed E-state index contributed by atoms with van der Waals surface area (Å²) in [4.78, 5) is 26.6. The molecule has 1 fully saturated rings. The lowest BCUT2D eigenvalue weighted by Crippen LogP contribution is -2.41. The van der Waals surface area contributed by atoms with Crippen molar-refractivity contribution in [2.75, 3.05) is 51.5 Å². The highest BCUT2D eigenvalue weighted by atomic mass is 16.5. The molecule has 29 heavy (non-hydrogen) atoms. The Morgan fingerprint density at radius 1 is 1.07 bits per heavy atom. The number of Topliss-reactive ketones (excluding diaryl/α,β-unsaturated/α-hetero) is 1. The van der Waals surface area contributed by atoms with Crippen molar-refractivity contribution in [3.05, 3.63) is 29.8 Å². The van der Waals surface area contributed by atoms with Gasteiger partial charge in [-0.15, -0.1) is 0 Å². The Bertz CT molecular complexity index is 593. The highest BCUT2D eigenvalue weighted by Gasteiger charge is 2.25. The molecule has 164 valence electrons. The van der Waals surface area contributed by atoms with E-state index in [4.69, 9.17) is 9.47 Å². The molecule has 6 nitrogen and oxygen atoms in total. The number of rotatable bonds is 10. The Morgan fingerprint density at radius 2 is 1.69 bits per heavy atom. The molecule has 1 aromatic carbocycles. The number of piperidine rings is 1. The first-order valence-electron chi connectivity index (χ1n) is 10.8. The van der Waals surface area contributed by atoms with E-state index in [9.17, 15) is 9.59 Å². The molecule has 1 amide bonds. The number of benzene rings is 1. The van der Waals surface area contributed by atoms with Gasteiger partial charge in [0.25, 0.3) is 0 Å². The van der Waals surface area contributed by atoms with Gasteiger partial charge in [-0.2, -0.15) is 0 Å². The number of hydrogen-bond donors (Lipinski definition) is 1. The van der Waals surface area contributed by atoms with Gasteiger partial charge in [0.15, 0.2) is 5.78 Å². The van der Waals surface area contributed by atoms with Gasteiger partial charge in [-0.05, 0) is 37.1 Å². The van der Waals surface area contributed by atoms with E-state index < -0.39 is 0 Å². The second kappa shape index (κ2) is 14.1. The molecule has 0 atom stereocenters. The molecule has 1 saturated heterocycles. The monoisotopic (exact) mass is 406 g/mol. The standard InChI is InChI=1S/C21H32N2O4.C2H6/c1-16(2)20(24)17-4-6-19(7-5-17)23-11-8-18(9-12-23)21(25)22-10-13-27-15-14-26-3;1-2/h4-7,16,18H,8-15H2,1-3H3,(H,22,25);1-2H3. The maximum absolute atomic E-state index is 12.3. The van der Waals surface area contributed by atoms with Crippen LogP contribution in [0.15, 0.2) is 24.3 Å². The van der Waals surface area contributed by atoms with Crippen LogP contribution in [0.1, 0.15) is 50.9 Å². The zero-order valence-electron chi connectivity index (χ0n) is 18.7. The number of carbonyl (C=O) groups excluding carboxylic acids is 2. The minimum absolute atomic E-state index is 0.00971. The van der Waals surface area contributed by atoms with Gasteiger partial charge in [0.05, 0.1) is 19.8 Å². The van der Waals surface area contributed by atoms with Gasteiger partial charge in [0.1, 0.15) is 0 Å². The van der Waals surface area contributed by atoms with Gasteiger partial charge in [-0.25, -0.2) is 0 Å². The molecule has 1 N–H and O–H groups in total. The van der Waals surface area contributed by atoms with Crippen molar-refractivity contribution in [1.29, 1.82) is 0 Å². The van der Waals surface area contributed by atoms with E-state index in [1.165, 1.54) is 0 Å². The molecule has 0 radical (unpaired) electrons. The summed E-state index contributed by atoms with van der Waals surface area (Å²) < 4.78 is 10.3. The highest BCUT2D eigenvalue weighted by molar-refractivity contribution is 5.97. The summed E-state index contributed by atoms with van der Waals surface area (Å²) in [6.07, 6.45) is 1.67. The Labute approximate surface area is 175 Å². The maximum atomic E-state index is 12.3. The van der Waals surface area contributed by atoms with Crippen LogP contribution in [0.4, 0.5) is 5.69 Å². The summed E-state index contributed by atoms with van der Waals surface area (Å²) in [5.74, 6) is 0.350. The Kier molecular flexibility index (Phi) is 12.2. The average Bonchev–Trinajstić information content (AvgIpc) is 2.77. The Hall–Kier alpha value is -1.92.